The van der Waals surface area contributed by atoms with Gasteiger partial charge in [0.25, 0.3) is 0 Å². The van der Waals surface area contributed by atoms with E-state index in [1.54, 1.807) is 23.1 Å². The predicted octanol–water partition coefficient (Wildman–Crippen LogP) is 3.62. The molecule has 21 heavy (non-hydrogen) atoms. The van der Waals surface area contributed by atoms with E-state index in [1.807, 2.05) is 0 Å². The Hall–Kier alpha value is -1.91. The average Bonchev–Trinajstić information content (AvgIpc) is 3.07. The lowest BCUT2D eigenvalue weighted by atomic mass is 9.96. The molecule has 5 nitrogen and oxygen atoms in total. The minimum absolute atomic E-state index is 0.201. The highest BCUT2D eigenvalue weighted by molar-refractivity contribution is 5.78. The van der Waals surface area contributed by atoms with Crippen molar-refractivity contribution in [1.82, 2.24) is 19.6 Å². The van der Waals surface area contributed by atoms with E-state index in [9.17, 15) is 4.79 Å². The second-order valence-electron chi connectivity index (χ2n) is 5.61. The lowest BCUT2D eigenvalue weighted by Gasteiger charge is -2.10. The summed E-state index contributed by atoms with van der Waals surface area (Å²) in [4.78, 5) is 12.6. The molecular weight excluding hydrogens is 264 g/mol. The Bertz CT molecular complexity index is 596. The van der Waals surface area contributed by atoms with Crippen LogP contribution in [0.15, 0.2) is 18.5 Å². The van der Waals surface area contributed by atoms with Crippen molar-refractivity contribution in [3.63, 3.8) is 0 Å². The van der Waals surface area contributed by atoms with Crippen molar-refractivity contribution in [2.45, 2.75) is 59.3 Å². The van der Waals surface area contributed by atoms with E-state index in [0.29, 0.717) is 5.92 Å². The van der Waals surface area contributed by atoms with E-state index in [0.717, 1.165) is 37.1 Å². The number of carbonyl (C=O) groups excluding carboxylic acids is 1. The van der Waals surface area contributed by atoms with Crippen molar-refractivity contribution < 1.29 is 4.79 Å². The first-order chi connectivity index (χ1) is 10.1. The summed E-state index contributed by atoms with van der Waals surface area (Å²) in [5.41, 5.74) is 3.33. The molecule has 0 aliphatic carbocycles. The molecule has 0 aliphatic heterocycles. The Morgan fingerprint density at radius 3 is 2.48 bits per heavy atom. The first-order valence-corrected chi connectivity index (χ1v) is 7.75. The van der Waals surface area contributed by atoms with Gasteiger partial charge in [0.1, 0.15) is 0 Å². The molecule has 0 bridgehead atoms. The molecule has 0 aromatic carbocycles. The van der Waals surface area contributed by atoms with Gasteiger partial charge in [-0.05, 0) is 30.4 Å². The number of hydrogen-bond donors (Lipinski definition) is 0. The molecule has 0 aliphatic rings. The van der Waals surface area contributed by atoms with Gasteiger partial charge >= 0.3 is 6.03 Å². The summed E-state index contributed by atoms with van der Waals surface area (Å²) in [5.74, 6) is 0.368. The van der Waals surface area contributed by atoms with Crippen molar-refractivity contribution in [3.8, 4) is 0 Å². The SMILES string of the molecule is CCCc1nn(C(=O)n2cccn2)c(CCC)c1C(C)C. The smallest absolute Gasteiger partial charge is 0.244 e. The molecule has 114 valence electrons. The largest absolute Gasteiger partial charge is 0.369 e. The highest BCUT2D eigenvalue weighted by Gasteiger charge is 2.23. The van der Waals surface area contributed by atoms with Crippen molar-refractivity contribution in [2.75, 3.05) is 0 Å². The summed E-state index contributed by atoms with van der Waals surface area (Å²) in [5, 5.41) is 8.63. The molecule has 0 saturated heterocycles. The summed E-state index contributed by atoms with van der Waals surface area (Å²) in [7, 11) is 0. The number of nitrogens with zero attached hydrogens (tertiary/aromatic N) is 4. The normalized spacial score (nSPS) is 11.3. The highest BCUT2D eigenvalue weighted by atomic mass is 16.2. The molecule has 0 amide bonds. The van der Waals surface area contributed by atoms with Gasteiger partial charge in [0, 0.05) is 12.4 Å². The van der Waals surface area contributed by atoms with E-state index in [4.69, 9.17) is 0 Å². The zero-order chi connectivity index (χ0) is 15.4. The summed E-state index contributed by atoms with van der Waals surface area (Å²) in [6.07, 6.45) is 7.05. The second kappa shape index (κ2) is 6.70. The number of carbonyl (C=O) groups is 1. The summed E-state index contributed by atoms with van der Waals surface area (Å²) in [6.45, 7) is 8.59. The first kappa shape index (κ1) is 15.5. The number of aryl methyl sites for hydroxylation is 1. The number of hydrogen-bond acceptors (Lipinski definition) is 3. The molecular formula is C16H24N4O. The molecule has 2 heterocycles. The van der Waals surface area contributed by atoms with Crippen LogP contribution in [-0.4, -0.2) is 25.6 Å². The Kier molecular flexibility index (Phi) is 4.94. The molecule has 0 spiro atoms. The van der Waals surface area contributed by atoms with Gasteiger partial charge in [-0.1, -0.05) is 40.5 Å². The second-order valence-corrected chi connectivity index (χ2v) is 5.61. The van der Waals surface area contributed by atoms with Gasteiger partial charge in [0.05, 0.1) is 11.4 Å². The van der Waals surface area contributed by atoms with Crippen LogP contribution in [0.3, 0.4) is 0 Å². The third-order valence-electron chi connectivity index (χ3n) is 3.53. The van der Waals surface area contributed by atoms with E-state index in [-0.39, 0.29) is 6.03 Å². The van der Waals surface area contributed by atoms with E-state index >= 15 is 0 Å². The topological polar surface area (TPSA) is 52.7 Å². The number of aromatic nitrogens is 4. The molecule has 0 saturated carbocycles. The Balaban J connectivity index is 2.53. The van der Waals surface area contributed by atoms with Gasteiger partial charge in [0.15, 0.2) is 0 Å². The molecule has 0 radical (unpaired) electrons. The van der Waals surface area contributed by atoms with E-state index in [1.165, 1.54) is 10.2 Å². The maximum Gasteiger partial charge on any atom is 0.369 e. The molecule has 2 aromatic heterocycles. The molecule has 0 fully saturated rings. The van der Waals surface area contributed by atoms with Crippen molar-refractivity contribution >= 4 is 6.03 Å². The fraction of sp³-hybridized carbons (Fsp3) is 0.562. The Morgan fingerprint density at radius 2 is 1.95 bits per heavy atom. The van der Waals surface area contributed by atoms with Gasteiger partial charge in [-0.25, -0.2) is 4.79 Å². The molecule has 5 heteroatoms. The molecule has 0 unspecified atom stereocenters. The highest BCUT2D eigenvalue weighted by Crippen LogP contribution is 2.26. The number of rotatable bonds is 5. The first-order valence-electron chi connectivity index (χ1n) is 7.75. The maximum absolute atomic E-state index is 12.6. The van der Waals surface area contributed by atoms with Crippen LogP contribution in [-0.2, 0) is 12.8 Å². The van der Waals surface area contributed by atoms with Crippen molar-refractivity contribution in [1.29, 1.82) is 0 Å². The van der Waals surface area contributed by atoms with Gasteiger partial charge in [-0.2, -0.15) is 19.6 Å². The minimum atomic E-state index is -0.201. The summed E-state index contributed by atoms with van der Waals surface area (Å²) >= 11 is 0. The zero-order valence-electron chi connectivity index (χ0n) is 13.3. The Labute approximate surface area is 126 Å². The van der Waals surface area contributed by atoms with E-state index in [2.05, 4.69) is 37.9 Å². The minimum Gasteiger partial charge on any atom is -0.244 e. The molecule has 0 atom stereocenters. The van der Waals surface area contributed by atoms with Crippen LogP contribution in [0.4, 0.5) is 4.79 Å². The fourth-order valence-electron chi connectivity index (χ4n) is 2.72. The Morgan fingerprint density at radius 1 is 1.24 bits per heavy atom. The van der Waals surface area contributed by atoms with Gasteiger partial charge in [-0.3, -0.25) is 0 Å². The predicted molar refractivity (Wildman–Crippen MR) is 82.7 cm³/mol. The van der Waals surface area contributed by atoms with Crippen LogP contribution in [0.1, 0.15) is 63.4 Å². The fourth-order valence-corrected chi connectivity index (χ4v) is 2.72. The lowest BCUT2D eigenvalue weighted by Crippen LogP contribution is -2.23. The molecule has 0 N–H and O–H groups in total. The standard InChI is InChI=1S/C16H24N4O/c1-5-8-13-15(12(3)4)14(9-6-2)20(18-13)16(21)19-11-7-10-17-19/h7,10-12H,5-6,8-9H2,1-4H3. The van der Waals surface area contributed by atoms with Crippen molar-refractivity contribution in [2.24, 2.45) is 0 Å². The van der Waals surface area contributed by atoms with Gasteiger partial charge in [0.2, 0.25) is 0 Å². The van der Waals surface area contributed by atoms with Crippen LogP contribution >= 0.6 is 0 Å². The van der Waals surface area contributed by atoms with Crippen LogP contribution < -0.4 is 0 Å². The third kappa shape index (κ3) is 3.06. The van der Waals surface area contributed by atoms with E-state index < -0.39 is 0 Å². The van der Waals surface area contributed by atoms with Gasteiger partial charge < -0.3 is 0 Å². The van der Waals surface area contributed by atoms with Crippen LogP contribution in [0.5, 0.6) is 0 Å². The van der Waals surface area contributed by atoms with Crippen molar-refractivity contribution in [3.05, 3.63) is 35.4 Å². The lowest BCUT2D eigenvalue weighted by molar-refractivity contribution is 0.237. The maximum atomic E-state index is 12.6. The molecule has 2 rings (SSSR count). The van der Waals surface area contributed by atoms with Crippen LogP contribution in [0.25, 0.3) is 0 Å². The third-order valence-corrected chi connectivity index (χ3v) is 3.53. The summed E-state index contributed by atoms with van der Waals surface area (Å²) < 4.78 is 2.89. The molecule has 2 aromatic rings. The average molecular weight is 288 g/mol. The van der Waals surface area contributed by atoms with Crippen LogP contribution in [0.2, 0.25) is 0 Å². The van der Waals surface area contributed by atoms with Crippen LogP contribution in [0, 0.1) is 0 Å². The summed E-state index contributed by atoms with van der Waals surface area (Å²) in [6, 6.07) is 1.55. The van der Waals surface area contributed by atoms with Gasteiger partial charge in [-0.15, -0.1) is 0 Å². The zero-order valence-corrected chi connectivity index (χ0v) is 13.3. The quantitative estimate of drug-likeness (QED) is 0.844. The monoisotopic (exact) mass is 288 g/mol.